The number of nitrogens with zero attached hydrogens (tertiary/aromatic N) is 3. The number of amides is 3. The van der Waals surface area contributed by atoms with Crippen LogP contribution in [0.5, 0.6) is 0 Å². The van der Waals surface area contributed by atoms with Gasteiger partial charge in [0.25, 0.3) is 10.0 Å². The lowest BCUT2D eigenvalue weighted by Gasteiger charge is -2.31. The lowest BCUT2D eigenvalue weighted by atomic mass is 10.1. The van der Waals surface area contributed by atoms with E-state index in [0.29, 0.717) is 37.3 Å². The standard InChI is InChI=1S/C21H20Cl2N4O6S/c22-14-8-15(23)10-17(9-14)34(32,33)27(12-20(29)30)16-1-2-18-13(7-16)3-5-26(18)21(31)25-6-4-24-19(28)11-25/h1-2,7-10H,3-6,11-12H2,(H,24,28)(H,29,30). The Bertz CT molecular complexity index is 1270. The Morgan fingerprint density at radius 1 is 1.09 bits per heavy atom. The average molecular weight is 527 g/mol. The number of hydrogen-bond acceptors (Lipinski definition) is 5. The summed E-state index contributed by atoms with van der Waals surface area (Å²) in [5, 5.41) is 12.2. The number of nitrogens with one attached hydrogen (secondary N) is 1. The van der Waals surface area contributed by atoms with E-state index in [4.69, 9.17) is 23.2 Å². The van der Waals surface area contributed by atoms with Gasteiger partial charge in [0.1, 0.15) is 13.1 Å². The second-order valence-electron chi connectivity index (χ2n) is 7.78. The van der Waals surface area contributed by atoms with Crippen molar-refractivity contribution in [3.05, 3.63) is 52.0 Å². The smallest absolute Gasteiger partial charge is 0.325 e. The van der Waals surface area contributed by atoms with Crippen LogP contribution in [0.4, 0.5) is 16.2 Å². The quantitative estimate of drug-likeness (QED) is 0.614. The van der Waals surface area contributed by atoms with E-state index < -0.39 is 22.5 Å². The Morgan fingerprint density at radius 2 is 1.79 bits per heavy atom. The minimum atomic E-state index is -4.31. The van der Waals surface area contributed by atoms with Gasteiger partial charge in [0, 0.05) is 35.4 Å². The van der Waals surface area contributed by atoms with E-state index in [1.165, 1.54) is 34.1 Å². The van der Waals surface area contributed by atoms with E-state index in [1.807, 2.05) is 0 Å². The molecule has 1 fully saturated rings. The molecule has 0 radical (unpaired) electrons. The Kier molecular flexibility index (Phi) is 6.61. The number of carbonyl (C=O) groups excluding carboxylic acids is 2. The molecule has 2 N–H and O–H groups in total. The van der Waals surface area contributed by atoms with Gasteiger partial charge in [-0.05, 0) is 48.4 Å². The number of anilines is 2. The second-order valence-corrected chi connectivity index (χ2v) is 10.5. The van der Waals surface area contributed by atoms with Gasteiger partial charge < -0.3 is 15.3 Å². The predicted molar refractivity (Wildman–Crippen MR) is 126 cm³/mol. The third kappa shape index (κ3) is 4.77. The van der Waals surface area contributed by atoms with Gasteiger partial charge in [0.15, 0.2) is 0 Å². The van der Waals surface area contributed by atoms with Crippen LogP contribution in [0.3, 0.4) is 0 Å². The zero-order chi connectivity index (χ0) is 24.6. The summed E-state index contributed by atoms with van der Waals surface area (Å²) in [5.74, 6) is -1.58. The number of carboxylic acid groups (broad SMARTS) is 1. The lowest BCUT2D eigenvalue weighted by Crippen LogP contribution is -2.53. The summed E-state index contributed by atoms with van der Waals surface area (Å²) >= 11 is 11.9. The third-order valence-corrected chi connectivity index (χ3v) is 7.68. The molecule has 13 heteroatoms. The van der Waals surface area contributed by atoms with E-state index in [0.717, 1.165) is 4.31 Å². The zero-order valence-electron chi connectivity index (χ0n) is 17.7. The van der Waals surface area contributed by atoms with E-state index in [9.17, 15) is 27.9 Å². The molecule has 2 aliphatic rings. The molecule has 0 aliphatic carbocycles. The fourth-order valence-electron chi connectivity index (χ4n) is 3.96. The maximum Gasteiger partial charge on any atom is 0.325 e. The monoisotopic (exact) mass is 526 g/mol. The minimum Gasteiger partial charge on any atom is -0.480 e. The summed E-state index contributed by atoms with van der Waals surface area (Å²) in [6.07, 6.45) is 0.443. The molecule has 0 spiro atoms. The summed E-state index contributed by atoms with van der Waals surface area (Å²) < 4.78 is 27.4. The lowest BCUT2D eigenvalue weighted by molar-refractivity contribution is -0.135. The first kappa shape index (κ1) is 24.1. The Balaban J connectivity index is 1.67. The van der Waals surface area contributed by atoms with Crippen molar-refractivity contribution in [2.45, 2.75) is 11.3 Å². The van der Waals surface area contributed by atoms with Crippen LogP contribution in [0.15, 0.2) is 41.3 Å². The first-order valence-electron chi connectivity index (χ1n) is 10.2. The summed E-state index contributed by atoms with van der Waals surface area (Å²) in [6, 6.07) is 8.02. The number of fused-ring (bicyclic) bond motifs is 1. The van der Waals surface area contributed by atoms with Gasteiger partial charge in [-0.3, -0.25) is 18.8 Å². The van der Waals surface area contributed by atoms with Gasteiger partial charge >= 0.3 is 12.0 Å². The molecule has 2 aromatic carbocycles. The maximum atomic E-state index is 13.3. The number of hydrogen-bond donors (Lipinski definition) is 2. The van der Waals surface area contributed by atoms with Crippen molar-refractivity contribution >= 4 is 62.5 Å². The Hall–Kier alpha value is -3.02. The van der Waals surface area contributed by atoms with Gasteiger partial charge in [-0.2, -0.15) is 0 Å². The molecular formula is C21H20Cl2N4O6S. The van der Waals surface area contributed by atoms with E-state index in [1.54, 1.807) is 12.1 Å². The molecule has 0 bridgehead atoms. The summed E-state index contributed by atoms with van der Waals surface area (Å²) in [6.45, 7) is 0.263. The molecular weight excluding hydrogens is 507 g/mol. The number of rotatable bonds is 5. The number of carbonyl (C=O) groups is 3. The maximum absolute atomic E-state index is 13.3. The van der Waals surface area contributed by atoms with Crippen LogP contribution in [0, 0.1) is 0 Å². The van der Waals surface area contributed by atoms with Crippen LogP contribution in [0.25, 0.3) is 0 Å². The first-order chi connectivity index (χ1) is 16.1. The fourth-order valence-corrected chi connectivity index (χ4v) is 6.09. The molecule has 0 atom stereocenters. The molecule has 1 saturated heterocycles. The number of piperazine rings is 1. The van der Waals surface area contributed by atoms with Crippen molar-refractivity contribution in [1.29, 1.82) is 0 Å². The SMILES string of the molecule is O=C(O)CN(c1ccc2c(c1)CCN2C(=O)N1CCNC(=O)C1)S(=O)(=O)c1cc(Cl)cc(Cl)c1. The van der Waals surface area contributed by atoms with Gasteiger partial charge in [0.2, 0.25) is 5.91 Å². The molecule has 2 heterocycles. The number of urea groups is 1. The molecule has 34 heavy (non-hydrogen) atoms. The highest BCUT2D eigenvalue weighted by Crippen LogP contribution is 2.35. The van der Waals surface area contributed by atoms with Crippen molar-refractivity contribution in [2.24, 2.45) is 0 Å². The molecule has 2 aromatic rings. The van der Waals surface area contributed by atoms with Crippen molar-refractivity contribution in [3.63, 3.8) is 0 Å². The summed E-state index contributed by atoms with van der Waals surface area (Å²) in [5.41, 5.74) is 1.39. The molecule has 3 amide bonds. The number of carboxylic acids is 1. The van der Waals surface area contributed by atoms with Crippen LogP contribution in [0.2, 0.25) is 10.0 Å². The number of aliphatic carboxylic acids is 1. The number of halogens is 2. The van der Waals surface area contributed by atoms with Crippen LogP contribution in [0.1, 0.15) is 5.56 Å². The highest BCUT2D eigenvalue weighted by molar-refractivity contribution is 7.92. The minimum absolute atomic E-state index is 0.0322. The molecule has 4 rings (SSSR count). The molecule has 0 aromatic heterocycles. The second kappa shape index (κ2) is 9.32. The van der Waals surface area contributed by atoms with Gasteiger partial charge in [-0.15, -0.1) is 0 Å². The van der Waals surface area contributed by atoms with E-state index in [-0.39, 0.29) is 39.1 Å². The summed E-state index contributed by atoms with van der Waals surface area (Å²) in [4.78, 5) is 38.9. The zero-order valence-corrected chi connectivity index (χ0v) is 20.0. The van der Waals surface area contributed by atoms with Crippen LogP contribution < -0.4 is 14.5 Å². The molecule has 180 valence electrons. The predicted octanol–water partition coefficient (Wildman–Crippen LogP) is 2.19. The van der Waals surface area contributed by atoms with Crippen LogP contribution in [-0.2, 0) is 26.0 Å². The highest BCUT2D eigenvalue weighted by Gasteiger charge is 2.33. The fraction of sp³-hybridized carbons (Fsp3) is 0.286. The third-order valence-electron chi connectivity index (χ3n) is 5.49. The van der Waals surface area contributed by atoms with Crippen molar-refractivity contribution in [1.82, 2.24) is 10.2 Å². The number of sulfonamides is 1. The molecule has 10 nitrogen and oxygen atoms in total. The van der Waals surface area contributed by atoms with Gasteiger partial charge in [0.05, 0.1) is 10.6 Å². The first-order valence-corrected chi connectivity index (χ1v) is 12.4. The van der Waals surface area contributed by atoms with Crippen molar-refractivity contribution < 1.29 is 27.9 Å². The van der Waals surface area contributed by atoms with E-state index in [2.05, 4.69) is 5.32 Å². The molecule has 0 unspecified atom stereocenters. The molecule has 0 saturated carbocycles. The van der Waals surface area contributed by atoms with E-state index >= 15 is 0 Å². The highest BCUT2D eigenvalue weighted by atomic mass is 35.5. The molecule has 2 aliphatic heterocycles. The topological polar surface area (TPSA) is 127 Å². The normalized spacial score (nSPS) is 15.6. The van der Waals surface area contributed by atoms with Crippen molar-refractivity contribution in [2.75, 3.05) is 41.9 Å². The largest absolute Gasteiger partial charge is 0.480 e. The van der Waals surface area contributed by atoms with Gasteiger partial charge in [-0.25, -0.2) is 13.2 Å². The van der Waals surface area contributed by atoms with Gasteiger partial charge in [-0.1, -0.05) is 23.2 Å². The van der Waals surface area contributed by atoms with Crippen molar-refractivity contribution in [3.8, 4) is 0 Å². The summed E-state index contributed by atoms with van der Waals surface area (Å²) in [7, 11) is -4.31. The Morgan fingerprint density at radius 3 is 2.44 bits per heavy atom. The van der Waals surface area contributed by atoms with Crippen LogP contribution in [-0.4, -0.2) is 69.1 Å². The average Bonchev–Trinajstić information content (AvgIpc) is 3.19. The number of benzene rings is 2. The Labute approximate surface area is 205 Å². The van der Waals surface area contributed by atoms with Crippen LogP contribution >= 0.6 is 23.2 Å².